The molecule has 0 bridgehead atoms. The number of tetrazole rings is 1. The molecule has 0 fully saturated rings. The second-order valence-electron chi connectivity index (χ2n) is 5.42. The molecule has 0 aliphatic carbocycles. The minimum absolute atomic E-state index is 0.0506. The first-order valence-electron chi connectivity index (χ1n) is 6.57. The Bertz CT molecular complexity index is 504. The summed E-state index contributed by atoms with van der Waals surface area (Å²) in [6.45, 7) is 5.05. The molecule has 0 amide bonds. The van der Waals surface area contributed by atoms with Crippen LogP contribution in [0.1, 0.15) is 31.7 Å². The Morgan fingerprint density at radius 2 is 1.95 bits per heavy atom. The van der Waals surface area contributed by atoms with E-state index in [2.05, 4.69) is 58.8 Å². The molecule has 1 aromatic carbocycles. The summed E-state index contributed by atoms with van der Waals surface area (Å²) in [5.74, 6) is 0.732. The number of rotatable bonds is 6. The number of nitrogens with zero attached hydrogens (tertiary/aromatic N) is 4. The van der Waals surface area contributed by atoms with Crippen molar-refractivity contribution in [2.45, 2.75) is 38.8 Å². The van der Waals surface area contributed by atoms with Crippen LogP contribution >= 0.6 is 0 Å². The average molecular weight is 259 g/mol. The van der Waals surface area contributed by atoms with Gasteiger partial charge in [-0.05, 0) is 37.5 Å². The summed E-state index contributed by atoms with van der Waals surface area (Å²) in [5.41, 5.74) is 1.42. The van der Waals surface area contributed by atoms with Crippen molar-refractivity contribution in [3.05, 3.63) is 41.7 Å². The maximum Gasteiger partial charge on any atom is 0.188 e. The number of benzene rings is 1. The highest BCUT2D eigenvalue weighted by molar-refractivity contribution is 5.15. The lowest BCUT2D eigenvalue weighted by Crippen LogP contribution is -2.39. The van der Waals surface area contributed by atoms with E-state index >= 15 is 0 Å². The average Bonchev–Trinajstić information content (AvgIpc) is 2.82. The molecule has 1 N–H and O–H groups in total. The van der Waals surface area contributed by atoms with E-state index in [0.717, 1.165) is 18.7 Å². The van der Waals surface area contributed by atoms with Gasteiger partial charge in [-0.1, -0.05) is 30.3 Å². The van der Waals surface area contributed by atoms with Gasteiger partial charge in [0.25, 0.3) is 0 Å². The van der Waals surface area contributed by atoms with Crippen LogP contribution in [0.5, 0.6) is 0 Å². The Hall–Kier alpha value is -1.75. The topological polar surface area (TPSA) is 55.6 Å². The third-order valence-electron chi connectivity index (χ3n) is 3.16. The molecule has 0 spiro atoms. The molecule has 0 atom stereocenters. The molecule has 0 aliphatic heterocycles. The SMILES string of the molecule is Cn1nnc(CNC(C)(C)CCc2ccccc2)n1. The number of hydrogen-bond acceptors (Lipinski definition) is 4. The highest BCUT2D eigenvalue weighted by atomic mass is 15.6. The highest BCUT2D eigenvalue weighted by Gasteiger charge is 2.17. The molecule has 2 aromatic rings. The Morgan fingerprint density at radius 3 is 2.58 bits per heavy atom. The summed E-state index contributed by atoms with van der Waals surface area (Å²) in [4.78, 5) is 1.48. The van der Waals surface area contributed by atoms with Gasteiger partial charge in [0.15, 0.2) is 5.82 Å². The quantitative estimate of drug-likeness (QED) is 0.858. The standard InChI is InChI=1S/C14H21N5/c1-14(2,10-9-12-7-5-4-6-8-12)15-11-13-16-18-19(3)17-13/h4-8,15H,9-11H2,1-3H3. The monoisotopic (exact) mass is 259 g/mol. The lowest BCUT2D eigenvalue weighted by Gasteiger charge is -2.25. The highest BCUT2D eigenvalue weighted by Crippen LogP contribution is 2.13. The predicted molar refractivity (Wildman–Crippen MR) is 74.5 cm³/mol. The molecule has 0 unspecified atom stereocenters. The van der Waals surface area contributed by atoms with Gasteiger partial charge >= 0.3 is 0 Å². The summed E-state index contributed by atoms with van der Waals surface area (Å²) in [6, 6.07) is 10.5. The van der Waals surface area contributed by atoms with E-state index in [1.54, 1.807) is 7.05 Å². The fraction of sp³-hybridized carbons (Fsp3) is 0.500. The molecule has 1 heterocycles. The van der Waals surface area contributed by atoms with Crippen LogP contribution in [0, 0.1) is 0 Å². The van der Waals surface area contributed by atoms with Gasteiger partial charge in [-0.2, -0.15) is 4.80 Å². The van der Waals surface area contributed by atoms with E-state index < -0.39 is 0 Å². The van der Waals surface area contributed by atoms with E-state index in [9.17, 15) is 0 Å². The number of nitrogens with one attached hydrogen (secondary N) is 1. The van der Waals surface area contributed by atoms with Crippen LogP contribution in [0.3, 0.4) is 0 Å². The van der Waals surface area contributed by atoms with E-state index in [4.69, 9.17) is 0 Å². The maximum absolute atomic E-state index is 4.16. The minimum atomic E-state index is 0.0506. The molecule has 1 aromatic heterocycles. The van der Waals surface area contributed by atoms with Crippen molar-refractivity contribution >= 4 is 0 Å². The van der Waals surface area contributed by atoms with Crippen LogP contribution in [0.15, 0.2) is 30.3 Å². The van der Waals surface area contributed by atoms with Crippen LogP contribution in [-0.2, 0) is 20.0 Å². The first-order valence-corrected chi connectivity index (χ1v) is 6.57. The Morgan fingerprint density at radius 1 is 1.21 bits per heavy atom. The van der Waals surface area contributed by atoms with Gasteiger partial charge in [0, 0.05) is 5.54 Å². The third-order valence-corrected chi connectivity index (χ3v) is 3.16. The Kier molecular flexibility index (Phi) is 4.27. The van der Waals surface area contributed by atoms with Gasteiger partial charge < -0.3 is 5.32 Å². The van der Waals surface area contributed by atoms with Gasteiger partial charge in [0.1, 0.15) is 0 Å². The van der Waals surface area contributed by atoms with Crippen molar-refractivity contribution in [2.75, 3.05) is 0 Å². The largest absolute Gasteiger partial charge is 0.305 e. The Balaban J connectivity index is 1.81. The molecule has 0 saturated heterocycles. The second kappa shape index (κ2) is 5.93. The van der Waals surface area contributed by atoms with Crippen molar-refractivity contribution in [3.8, 4) is 0 Å². The first-order chi connectivity index (χ1) is 9.05. The molecular formula is C14H21N5. The normalized spacial score (nSPS) is 11.7. The molecule has 102 valence electrons. The molecule has 0 aliphatic rings. The van der Waals surface area contributed by atoms with Crippen LogP contribution in [0.4, 0.5) is 0 Å². The van der Waals surface area contributed by atoms with Crippen molar-refractivity contribution in [1.29, 1.82) is 0 Å². The number of aryl methyl sites for hydroxylation is 2. The number of aromatic nitrogens is 4. The van der Waals surface area contributed by atoms with E-state index in [-0.39, 0.29) is 5.54 Å². The molecule has 19 heavy (non-hydrogen) atoms. The van der Waals surface area contributed by atoms with Crippen LogP contribution in [0.2, 0.25) is 0 Å². The number of hydrogen-bond donors (Lipinski definition) is 1. The first kappa shape index (κ1) is 13.7. The molecule has 0 saturated carbocycles. The van der Waals surface area contributed by atoms with Gasteiger partial charge in [-0.25, -0.2) is 0 Å². The smallest absolute Gasteiger partial charge is 0.188 e. The van der Waals surface area contributed by atoms with Crippen LogP contribution < -0.4 is 5.32 Å². The van der Waals surface area contributed by atoms with E-state index in [1.807, 2.05) is 6.07 Å². The summed E-state index contributed by atoms with van der Waals surface area (Å²) in [6.07, 6.45) is 2.13. The summed E-state index contributed by atoms with van der Waals surface area (Å²) in [7, 11) is 1.77. The molecule has 5 nitrogen and oxygen atoms in total. The van der Waals surface area contributed by atoms with Gasteiger partial charge in [0.05, 0.1) is 13.6 Å². The van der Waals surface area contributed by atoms with Crippen molar-refractivity contribution in [1.82, 2.24) is 25.5 Å². The molecular weight excluding hydrogens is 238 g/mol. The fourth-order valence-corrected chi connectivity index (χ4v) is 1.90. The molecule has 0 radical (unpaired) electrons. The lowest BCUT2D eigenvalue weighted by molar-refractivity contribution is 0.356. The zero-order valence-corrected chi connectivity index (χ0v) is 11.8. The van der Waals surface area contributed by atoms with Crippen LogP contribution in [0.25, 0.3) is 0 Å². The Labute approximate surface area is 114 Å². The van der Waals surface area contributed by atoms with Gasteiger partial charge in [-0.3, -0.25) is 0 Å². The van der Waals surface area contributed by atoms with E-state index in [0.29, 0.717) is 6.54 Å². The third kappa shape index (κ3) is 4.44. The minimum Gasteiger partial charge on any atom is -0.305 e. The van der Waals surface area contributed by atoms with Gasteiger partial charge in [-0.15, -0.1) is 10.2 Å². The van der Waals surface area contributed by atoms with E-state index in [1.165, 1.54) is 10.4 Å². The van der Waals surface area contributed by atoms with Crippen molar-refractivity contribution in [2.24, 2.45) is 7.05 Å². The van der Waals surface area contributed by atoms with Crippen molar-refractivity contribution in [3.63, 3.8) is 0 Å². The molecule has 5 heteroatoms. The second-order valence-corrected chi connectivity index (χ2v) is 5.42. The van der Waals surface area contributed by atoms with Crippen molar-refractivity contribution < 1.29 is 0 Å². The molecule has 2 rings (SSSR count). The predicted octanol–water partition coefficient (Wildman–Crippen LogP) is 1.71. The van der Waals surface area contributed by atoms with Crippen LogP contribution in [-0.4, -0.2) is 25.7 Å². The summed E-state index contributed by atoms with van der Waals surface area (Å²) >= 11 is 0. The zero-order valence-electron chi connectivity index (χ0n) is 11.8. The van der Waals surface area contributed by atoms with Gasteiger partial charge in [0.2, 0.25) is 0 Å². The lowest BCUT2D eigenvalue weighted by atomic mass is 9.95. The summed E-state index contributed by atoms with van der Waals surface area (Å²) < 4.78 is 0. The summed E-state index contributed by atoms with van der Waals surface area (Å²) in [5, 5.41) is 15.4. The fourth-order valence-electron chi connectivity index (χ4n) is 1.90. The maximum atomic E-state index is 4.16. The zero-order chi connectivity index (χ0) is 13.7.